The molecule has 1 aromatic carbocycles. The SMILES string of the molecule is COc1c(O)cc2cc1CCCC(OC)CC/C=C(\C)C(OC(N)=O)C(OC)CC/C=C(\C)C(=O)N2. The molecule has 0 aromatic heterocycles. The summed E-state index contributed by atoms with van der Waals surface area (Å²) in [5, 5.41) is 13.3. The first-order chi connectivity index (χ1) is 17.2. The summed E-state index contributed by atoms with van der Waals surface area (Å²) in [6.45, 7) is 3.61. The zero-order chi connectivity index (χ0) is 26.7. The minimum absolute atomic E-state index is 0.0230. The fourth-order valence-corrected chi connectivity index (χ4v) is 4.45. The zero-order valence-corrected chi connectivity index (χ0v) is 22.0. The maximum absolute atomic E-state index is 12.8. The standard InChI is InChI=1S/C27H40N2O7/c1-17-9-6-12-21(33-3)13-8-11-19-15-20(16-22(30)25(19)35-5)29-26(31)18(2)10-7-14-23(34-4)24(17)36-27(28)32/h9-10,15-16,21,23-24,30H,6-8,11-14H2,1-5H3,(H2,28,32)(H,29,31)/b17-9+,18-10+. The number of nitrogens with two attached hydrogens (primary N) is 1. The van der Waals surface area contributed by atoms with Crippen molar-refractivity contribution < 1.29 is 33.6 Å². The molecule has 0 radical (unpaired) electrons. The number of nitrogens with one attached hydrogen (secondary N) is 1. The number of carbonyl (C=O) groups is 2. The van der Waals surface area contributed by atoms with Gasteiger partial charge >= 0.3 is 6.09 Å². The topological polar surface area (TPSA) is 129 Å². The number of primary amides is 1. The Hall–Kier alpha value is -3.04. The lowest BCUT2D eigenvalue weighted by atomic mass is 9.98. The predicted molar refractivity (Wildman–Crippen MR) is 138 cm³/mol. The number of phenolic OH excluding ortho intramolecular Hbond substituents is 1. The second-order valence-electron chi connectivity index (χ2n) is 9.01. The third-order valence-corrected chi connectivity index (χ3v) is 6.46. The maximum atomic E-state index is 12.8. The number of ether oxygens (including phenoxy) is 4. The van der Waals surface area contributed by atoms with Gasteiger partial charge in [-0.05, 0) is 70.4 Å². The van der Waals surface area contributed by atoms with Gasteiger partial charge in [-0.25, -0.2) is 4.79 Å². The molecule has 1 aliphatic rings. The van der Waals surface area contributed by atoms with Crippen LogP contribution in [0.2, 0.25) is 0 Å². The van der Waals surface area contributed by atoms with Gasteiger partial charge in [-0.1, -0.05) is 12.2 Å². The molecule has 4 N–H and O–H groups in total. The molecular formula is C27H40N2O7. The molecule has 9 heteroatoms. The molecule has 2 rings (SSSR count). The highest BCUT2D eigenvalue weighted by Gasteiger charge is 2.26. The summed E-state index contributed by atoms with van der Waals surface area (Å²) in [5.41, 5.74) is 8.01. The molecule has 0 saturated heterocycles. The fraction of sp³-hybridized carbons (Fsp3) is 0.556. The summed E-state index contributed by atoms with van der Waals surface area (Å²) < 4.78 is 22.1. The number of fused-ring (bicyclic) bond motifs is 2. The molecule has 3 atom stereocenters. The van der Waals surface area contributed by atoms with Gasteiger partial charge in [-0.15, -0.1) is 0 Å². The molecule has 0 spiro atoms. The van der Waals surface area contributed by atoms with E-state index in [1.54, 1.807) is 21.1 Å². The minimum Gasteiger partial charge on any atom is -0.504 e. The average Bonchev–Trinajstić information content (AvgIpc) is 2.83. The van der Waals surface area contributed by atoms with Crippen LogP contribution in [-0.4, -0.2) is 56.7 Å². The number of aryl methyl sites for hydroxylation is 1. The molecule has 1 aliphatic heterocycles. The van der Waals surface area contributed by atoms with Crippen molar-refractivity contribution in [3.05, 3.63) is 41.0 Å². The molecule has 1 heterocycles. The Morgan fingerprint density at radius 2 is 1.78 bits per heavy atom. The third-order valence-electron chi connectivity index (χ3n) is 6.46. The number of allylic oxidation sites excluding steroid dienone is 2. The van der Waals surface area contributed by atoms with E-state index in [-0.39, 0.29) is 17.8 Å². The number of aromatic hydroxyl groups is 1. The van der Waals surface area contributed by atoms with Gasteiger partial charge < -0.3 is 35.1 Å². The summed E-state index contributed by atoms with van der Waals surface area (Å²) in [6.07, 6.45) is 6.74. The van der Waals surface area contributed by atoms with Crippen LogP contribution in [0.5, 0.6) is 11.5 Å². The number of hydrogen-bond acceptors (Lipinski definition) is 7. The van der Waals surface area contributed by atoms with E-state index >= 15 is 0 Å². The smallest absolute Gasteiger partial charge is 0.405 e. The number of methoxy groups -OCH3 is 3. The van der Waals surface area contributed by atoms with Crippen LogP contribution in [-0.2, 0) is 25.4 Å². The van der Waals surface area contributed by atoms with Crippen LogP contribution >= 0.6 is 0 Å². The molecular weight excluding hydrogens is 464 g/mol. The number of benzene rings is 1. The summed E-state index contributed by atoms with van der Waals surface area (Å²) in [7, 11) is 4.76. The number of carbonyl (C=O) groups excluding carboxylic acids is 2. The molecule has 3 unspecified atom stereocenters. The van der Waals surface area contributed by atoms with Crippen molar-refractivity contribution in [2.24, 2.45) is 5.73 Å². The van der Waals surface area contributed by atoms with Crippen LogP contribution in [0.1, 0.15) is 57.9 Å². The Kier molecular flexibility index (Phi) is 11.8. The summed E-state index contributed by atoms with van der Waals surface area (Å²) in [6, 6.07) is 3.31. The van der Waals surface area contributed by atoms with Gasteiger partial charge in [0.05, 0.1) is 19.3 Å². The minimum atomic E-state index is -0.866. The molecule has 2 amide bonds. The highest BCUT2D eigenvalue weighted by molar-refractivity contribution is 6.03. The van der Waals surface area contributed by atoms with E-state index in [0.29, 0.717) is 36.3 Å². The van der Waals surface area contributed by atoms with Crippen molar-refractivity contribution in [1.82, 2.24) is 0 Å². The van der Waals surface area contributed by atoms with E-state index in [0.717, 1.165) is 36.8 Å². The lowest BCUT2D eigenvalue weighted by molar-refractivity contribution is -0.112. The first-order valence-corrected chi connectivity index (χ1v) is 12.3. The van der Waals surface area contributed by atoms with Crippen LogP contribution in [0, 0.1) is 0 Å². The number of anilines is 1. The summed E-state index contributed by atoms with van der Waals surface area (Å²) in [4.78, 5) is 24.4. The molecule has 1 aromatic rings. The van der Waals surface area contributed by atoms with E-state index in [9.17, 15) is 14.7 Å². The van der Waals surface area contributed by atoms with E-state index < -0.39 is 18.3 Å². The highest BCUT2D eigenvalue weighted by atomic mass is 16.6. The van der Waals surface area contributed by atoms with Gasteiger partial charge in [0.25, 0.3) is 5.91 Å². The van der Waals surface area contributed by atoms with Crippen molar-refractivity contribution in [1.29, 1.82) is 0 Å². The quantitative estimate of drug-likeness (QED) is 0.510. The molecule has 2 bridgehead atoms. The first-order valence-electron chi connectivity index (χ1n) is 12.3. The average molecular weight is 505 g/mol. The molecule has 0 aliphatic carbocycles. The van der Waals surface area contributed by atoms with Gasteiger partial charge in [0.1, 0.15) is 0 Å². The number of rotatable bonds is 4. The first kappa shape index (κ1) is 29.2. The number of hydrogen-bond donors (Lipinski definition) is 3. The van der Waals surface area contributed by atoms with Gasteiger partial charge in [0.2, 0.25) is 0 Å². The zero-order valence-electron chi connectivity index (χ0n) is 22.0. The largest absolute Gasteiger partial charge is 0.504 e. The van der Waals surface area contributed by atoms with Crippen molar-refractivity contribution in [3.63, 3.8) is 0 Å². The Balaban J connectivity index is 2.36. The van der Waals surface area contributed by atoms with E-state index in [2.05, 4.69) is 5.32 Å². The van der Waals surface area contributed by atoms with E-state index in [4.69, 9.17) is 24.7 Å². The Morgan fingerprint density at radius 3 is 2.42 bits per heavy atom. The predicted octanol–water partition coefficient (Wildman–Crippen LogP) is 4.62. The highest BCUT2D eigenvalue weighted by Crippen LogP contribution is 2.35. The molecule has 0 fully saturated rings. The fourth-order valence-electron chi connectivity index (χ4n) is 4.45. The van der Waals surface area contributed by atoms with Crippen molar-refractivity contribution >= 4 is 17.7 Å². The number of phenols is 1. The van der Waals surface area contributed by atoms with Gasteiger partial charge in [-0.2, -0.15) is 0 Å². The van der Waals surface area contributed by atoms with Crippen LogP contribution in [0.25, 0.3) is 0 Å². The Labute approximate surface area is 213 Å². The van der Waals surface area contributed by atoms with Crippen molar-refractivity contribution in [2.45, 2.75) is 77.1 Å². The number of amides is 2. The van der Waals surface area contributed by atoms with Gasteiger partial charge in [0, 0.05) is 37.1 Å². The normalized spacial score (nSPS) is 25.6. The van der Waals surface area contributed by atoms with Crippen molar-refractivity contribution in [3.8, 4) is 11.5 Å². The molecule has 36 heavy (non-hydrogen) atoms. The molecule has 9 nitrogen and oxygen atoms in total. The van der Waals surface area contributed by atoms with Crippen LogP contribution < -0.4 is 15.8 Å². The Bertz CT molecular complexity index is 958. The summed E-state index contributed by atoms with van der Waals surface area (Å²) in [5.74, 6) is 0.104. The van der Waals surface area contributed by atoms with Crippen LogP contribution in [0.3, 0.4) is 0 Å². The van der Waals surface area contributed by atoms with Crippen LogP contribution in [0.4, 0.5) is 10.5 Å². The molecule has 200 valence electrons. The van der Waals surface area contributed by atoms with Gasteiger partial charge in [0.15, 0.2) is 17.6 Å². The lowest BCUT2D eigenvalue weighted by Crippen LogP contribution is -2.35. The van der Waals surface area contributed by atoms with Crippen LogP contribution in [0.15, 0.2) is 35.4 Å². The Morgan fingerprint density at radius 1 is 1.06 bits per heavy atom. The van der Waals surface area contributed by atoms with E-state index in [1.807, 2.05) is 25.1 Å². The van der Waals surface area contributed by atoms with Gasteiger partial charge in [-0.3, -0.25) is 4.79 Å². The second-order valence-corrected chi connectivity index (χ2v) is 9.01. The second kappa shape index (κ2) is 14.5. The third kappa shape index (κ3) is 8.57. The molecule has 0 saturated carbocycles. The van der Waals surface area contributed by atoms with Crippen molar-refractivity contribution in [2.75, 3.05) is 26.6 Å². The summed E-state index contributed by atoms with van der Waals surface area (Å²) >= 11 is 0. The lowest BCUT2D eigenvalue weighted by Gasteiger charge is -2.26. The maximum Gasteiger partial charge on any atom is 0.405 e. The monoisotopic (exact) mass is 504 g/mol. The van der Waals surface area contributed by atoms with E-state index in [1.165, 1.54) is 13.2 Å².